The first-order valence-electron chi connectivity index (χ1n) is 5.47. The van der Waals surface area contributed by atoms with E-state index in [-0.39, 0.29) is 12.1 Å². The molecule has 2 N–H and O–H groups in total. The van der Waals surface area contributed by atoms with Crippen molar-refractivity contribution < 1.29 is 27.8 Å². The lowest BCUT2D eigenvalue weighted by Crippen LogP contribution is -1.96. The van der Waals surface area contributed by atoms with Crippen LogP contribution in [0.5, 0.6) is 0 Å². The van der Waals surface area contributed by atoms with Crippen molar-refractivity contribution in [3.8, 4) is 0 Å². The summed E-state index contributed by atoms with van der Waals surface area (Å²) in [6.45, 7) is 0. The molecule has 0 aromatic heterocycles. The molecular formula is C11H15NO7S. The fourth-order valence-electron chi connectivity index (χ4n) is 1.23. The molecule has 0 unspecified atom stereocenters. The molecule has 0 saturated carbocycles. The van der Waals surface area contributed by atoms with E-state index in [9.17, 15) is 23.3 Å². The smallest absolute Gasteiger partial charge is 0.303 e. The number of hydrogen-bond donors (Lipinski definition) is 2. The summed E-state index contributed by atoms with van der Waals surface area (Å²) < 4.78 is 25.9. The summed E-state index contributed by atoms with van der Waals surface area (Å²) in [5.41, 5.74) is 0.971. The van der Waals surface area contributed by atoms with Gasteiger partial charge in [-0.2, -0.15) is 8.42 Å². The molecule has 0 spiro atoms. The Bertz CT molecular complexity index is 543. The highest BCUT2D eigenvalue weighted by molar-refractivity contribution is 7.85. The number of benzene rings is 1. The van der Waals surface area contributed by atoms with Crippen LogP contribution in [0.1, 0.15) is 18.4 Å². The van der Waals surface area contributed by atoms with Gasteiger partial charge in [0.15, 0.2) is 0 Å². The summed E-state index contributed by atoms with van der Waals surface area (Å²) in [6, 6.07) is 6.16. The Labute approximate surface area is 115 Å². The van der Waals surface area contributed by atoms with Crippen LogP contribution in [0.4, 0.5) is 5.69 Å². The topological polar surface area (TPSA) is 135 Å². The Morgan fingerprint density at radius 2 is 1.75 bits per heavy atom. The third kappa shape index (κ3) is 11.1. The summed E-state index contributed by atoms with van der Waals surface area (Å²) in [7, 11) is -3.67. The Morgan fingerprint density at radius 1 is 1.30 bits per heavy atom. The van der Waals surface area contributed by atoms with E-state index in [2.05, 4.69) is 0 Å². The van der Waals surface area contributed by atoms with Crippen LogP contribution in [0.3, 0.4) is 0 Å². The second-order valence-corrected chi connectivity index (χ2v) is 5.37. The van der Waals surface area contributed by atoms with Crippen LogP contribution >= 0.6 is 0 Å². The maximum Gasteiger partial charge on any atom is 0.303 e. The zero-order chi connectivity index (χ0) is 15.8. The van der Waals surface area contributed by atoms with E-state index < -0.39 is 21.0 Å². The summed E-state index contributed by atoms with van der Waals surface area (Å²) in [4.78, 5) is 20.1. The van der Waals surface area contributed by atoms with E-state index in [1.807, 2.05) is 0 Å². The van der Waals surface area contributed by atoms with Crippen LogP contribution in [-0.2, 0) is 21.3 Å². The third-order valence-corrected chi connectivity index (χ3v) is 2.00. The summed E-state index contributed by atoms with van der Waals surface area (Å²) in [5.74, 6) is -0.822. The molecule has 112 valence electrons. The Hall–Kier alpha value is -2.00. The molecule has 8 nitrogen and oxygen atoms in total. The maximum atomic E-state index is 10.3. The molecule has 9 heteroatoms. The largest absolute Gasteiger partial charge is 0.481 e. The van der Waals surface area contributed by atoms with E-state index in [0.29, 0.717) is 19.1 Å². The van der Waals surface area contributed by atoms with Crippen molar-refractivity contribution in [1.82, 2.24) is 0 Å². The van der Waals surface area contributed by atoms with Crippen molar-refractivity contribution in [2.45, 2.75) is 19.3 Å². The van der Waals surface area contributed by atoms with Crippen molar-refractivity contribution in [2.24, 2.45) is 0 Å². The van der Waals surface area contributed by atoms with Gasteiger partial charge in [-0.05, 0) is 18.4 Å². The summed E-state index contributed by atoms with van der Waals surface area (Å²) >= 11 is 0. The number of nitro groups is 1. The van der Waals surface area contributed by atoms with Gasteiger partial charge in [0.25, 0.3) is 15.8 Å². The van der Waals surface area contributed by atoms with E-state index in [4.69, 9.17) is 9.66 Å². The van der Waals surface area contributed by atoms with Crippen LogP contribution in [0.25, 0.3) is 0 Å². The van der Waals surface area contributed by atoms with Gasteiger partial charge in [-0.3, -0.25) is 19.5 Å². The van der Waals surface area contributed by atoms with E-state index >= 15 is 0 Å². The molecule has 0 saturated heterocycles. The normalized spacial score (nSPS) is 10.3. The maximum absolute atomic E-state index is 10.3. The SMILES string of the molecule is CS(=O)(=O)O.O=C(O)CCCc1ccc([N+](=O)[O-])cc1. The van der Waals surface area contributed by atoms with E-state index in [1.54, 1.807) is 12.1 Å². The minimum Gasteiger partial charge on any atom is -0.481 e. The quantitative estimate of drug-likeness (QED) is 0.478. The number of carboxylic acid groups (broad SMARTS) is 1. The highest BCUT2D eigenvalue weighted by Gasteiger charge is 2.04. The van der Waals surface area contributed by atoms with Crippen molar-refractivity contribution in [3.63, 3.8) is 0 Å². The first kappa shape index (κ1) is 18.0. The van der Waals surface area contributed by atoms with Crippen molar-refractivity contribution >= 4 is 21.8 Å². The van der Waals surface area contributed by atoms with Crippen molar-refractivity contribution in [3.05, 3.63) is 39.9 Å². The van der Waals surface area contributed by atoms with Crippen molar-refractivity contribution in [1.29, 1.82) is 0 Å². The lowest BCUT2D eigenvalue weighted by molar-refractivity contribution is -0.384. The molecule has 0 aliphatic carbocycles. The molecular weight excluding hydrogens is 290 g/mol. The predicted octanol–water partition coefficient (Wildman–Crippen LogP) is 1.51. The van der Waals surface area contributed by atoms with Crippen molar-refractivity contribution in [2.75, 3.05) is 6.26 Å². The monoisotopic (exact) mass is 305 g/mol. The second-order valence-electron chi connectivity index (χ2n) is 3.90. The van der Waals surface area contributed by atoms with Gasteiger partial charge in [-0.1, -0.05) is 12.1 Å². The van der Waals surface area contributed by atoms with Crippen LogP contribution < -0.4 is 0 Å². The molecule has 0 aliphatic rings. The molecule has 0 bridgehead atoms. The average molecular weight is 305 g/mol. The minimum absolute atomic E-state index is 0.0528. The fraction of sp³-hybridized carbons (Fsp3) is 0.364. The zero-order valence-electron chi connectivity index (χ0n) is 10.7. The summed E-state index contributed by atoms with van der Waals surface area (Å²) in [5, 5.41) is 18.8. The van der Waals surface area contributed by atoms with Gasteiger partial charge in [-0.15, -0.1) is 0 Å². The number of hydrogen-bond acceptors (Lipinski definition) is 5. The Balaban J connectivity index is 0.000000621. The molecule has 1 aromatic rings. The fourth-order valence-corrected chi connectivity index (χ4v) is 1.23. The number of rotatable bonds is 5. The van der Waals surface area contributed by atoms with Crippen LogP contribution in [0.15, 0.2) is 24.3 Å². The molecule has 0 radical (unpaired) electrons. The highest BCUT2D eigenvalue weighted by atomic mass is 32.2. The van der Waals surface area contributed by atoms with Gasteiger partial charge in [0, 0.05) is 18.6 Å². The van der Waals surface area contributed by atoms with Crippen LogP contribution in [0.2, 0.25) is 0 Å². The number of aliphatic carboxylic acids is 1. The third-order valence-electron chi connectivity index (χ3n) is 2.00. The molecule has 20 heavy (non-hydrogen) atoms. The molecule has 1 rings (SSSR count). The zero-order valence-corrected chi connectivity index (χ0v) is 11.5. The first-order chi connectivity index (χ1) is 9.09. The number of carbonyl (C=O) groups is 1. The van der Waals surface area contributed by atoms with Gasteiger partial charge in [0.2, 0.25) is 0 Å². The van der Waals surface area contributed by atoms with Gasteiger partial charge in [-0.25, -0.2) is 0 Å². The van der Waals surface area contributed by atoms with E-state index in [0.717, 1.165) is 5.56 Å². The van der Waals surface area contributed by atoms with Gasteiger partial charge in [0.1, 0.15) is 0 Å². The lowest BCUT2D eigenvalue weighted by atomic mass is 10.1. The van der Waals surface area contributed by atoms with Gasteiger partial charge >= 0.3 is 5.97 Å². The van der Waals surface area contributed by atoms with Gasteiger partial charge in [0.05, 0.1) is 11.2 Å². The second kappa shape index (κ2) is 8.23. The van der Waals surface area contributed by atoms with E-state index in [1.165, 1.54) is 12.1 Å². The molecule has 0 aliphatic heterocycles. The van der Waals surface area contributed by atoms with Gasteiger partial charge < -0.3 is 5.11 Å². The predicted molar refractivity (Wildman–Crippen MR) is 71.1 cm³/mol. The van der Waals surface area contributed by atoms with Crippen LogP contribution in [0, 0.1) is 10.1 Å². The number of nitro benzene ring substituents is 1. The molecule has 1 aromatic carbocycles. The first-order valence-corrected chi connectivity index (χ1v) is 7.32. The minimum atomic E-state index is -3.67. The average Bonchev–Trinajstić information content (AvgIpc) is 2.27. The molecule has 0 atom stereocenters. The molecule has 0 amide bonds. The number of non-ortho nitro benzene ring substituents is 1. The molecule has 0 heterocycles. The highest BCUT2D eigenvalue weighted by Crippen LogP contribution is 2.13. The van der Waals surface area contributed by atoms with Crippen LogP contribution in [-0.4, -0.2) is 35.2 Å². The lowest BCUT2D eigenvalue weighted by Gasteiger charge is -1.98. The number of carboxylic acids is 1. The molecule has 0 fully saturated rings. The number of aryl methyl sites for hydroxylation is 1. The summed E-state index contributed by atoms with van der Waals surface area (Å²) in [6.07, 6.45) is 2.02. The standard InChI is InChI=1S/C10H11NO4.CH4O3S/c12-10(13)3-1-2-8-4-6-9(7-5-8)11(14)15;1-5(2,3)4/h4-7H,1-3H2,(H,12,13);1H3,(H,2,3,4). The number of nitrogens with zero attached hydrogens (tertiary/aromatic N) is 1. The Kier molecular flexibility index (Phi) is 7.40. The Morgan fingerprint density at radius 3 is 2.10 bits per heavy atom.